The lowest BCUT2D eigenvalue weighted by Crippen LogP contribution is -2.36. The molecule has 1 saturated carbocycles. The Morgan fingerprint density at radius 2 is 1.96 bits per heavy atom. The van der Waals surface area contributed by atoms with Gasteiger partial charge in [0.05, 0.1) is 43.0 Å². The van der Waals surface area contributed by atoms with Crippen LogP contribution in [-0.2, 0) is 14.3 Å². The summed E-state index contributed by atoms with van der Waals surface area (Å²) in [6.07, 6.45) is 7.44. The van der Waals surface area contributed by atoms with E-state index in [1.807, 2.05) is 6.92 Å². The van der Waals surface area contributed by atoms with Crippen molar-refractivity contribution in [3.05, 3.63) is 65.1 Å². The highest BCUT2D eigenvalue weighted by Gasteiger charge is 2.31. The SMILES string of the molecule is CC/C=C(\C(N)=O)C(/C=C(/NC(=O)C1CC1)N(C)COC(=O)c1ccc(OC)c(S)c1)=Nc1nccc(C(=N)/C=N\N)c1OC. The van der Waals surface area contributed by atoms with Crippen molar-refractivity contribution in [3.63, 3.8) is 0 Å². The van der Waals surface area contributed by atoms with E-state index >= 15 is 0 Å². The van der Waals surface area contributed by atoms with Gasteiger partial charge in [-0.25, -0.2) is 14.8 Å². The van der Waals surface area contributed by atoms with Crippen molar-refractivity contribution in [2.24, 2.45) is 27.6 Å². The number of thiol groups is 1. The molecule has 0 saturated heterocycles. The van der Waals surface area contributed by atoms with E-state index in [1.54, 1.807) is 25.3 Å². The van der Waals surface area contributed by atoms with E-state index in [0.717, 1.165) is 19.1 Å². The Balaban J connectivity index is 2.08. The highest BCUT2D eigenvalue weighted by molar-refractivity contribution is 7.80. The molecule has 1 aromatic carbocycles. The average Bonchev–Trinajstić information content (AvgIpc) is 3.87. The summed E-state index contributed by atoms with van der Waals surface area (Å²) in [5.74, 6) is 4.18. The van der Waals surface area contributed by atoms with Crippen LogP contribution in [0, 0.1) is 11.3 Å². The fraction of sp³-hybridized carbons (Fsp3) is 0.300. The summed E-state index contributed by atoms with van der Waals surface area (Å²) in [5.41, 5.74) is 6.29. The van der Waals surface area contributed by atoms with E-state index in [-0.39, 0.29) is 64.1 Å². The van der Waals surface area contributed by atoms with Gasteiger partial charge in [-0.15, -0.1) is 12.6 Å². The zero-order chi connectivity index (χ0) is 33.1. The molecule has 1 aliphatic rings. The van der Waals surface area contributed by atoms with E-state index in [0.29, 0.717) is 17.1 Å². The average molecular weight is 637 g/mol. The first-order chi connectivity index (χ1) is 21.5. The Bertz CT molecular complexity index is 1580. The van der Waals surface area contributed by atoms with Crippen LogP contribution in [0.4, 0.5) is 5.82 Å². The van der Waals surface area contributed by atoms with Crippen LogP contribution < -0.4 is 26.4 Å². The number of carbonyl (C=O) groups excluding carboxylic acids is 3. The molecule has 45 heavy (non-hydrogen) atoms. The Kier molecular flexibility index (Phi) is 12.2. The van der Waals surface area contributed by atoms with Gasteiger partial charge in [0.2, 0.25) is 5.91 Å². The van der Waals surface area contributed by atoms with E-state index < -0.39 is 11.9 Å². The van der Waals surface area contributed by atoms with Crippen molar-refractivity contribution in [2.45, 2.75) is 31.1 Å². The van der Waals surface area contributed by atoms with Crippen LogP contribution in [0.1, 0.15) is 42.1 Å². The Hall–Kier alpha value is -5.18. The second kappa shape index (κ2) is 16.0. The number of nitrogens with two attached hydrogens (primary N) is 2. The van der Waals surface area contributed by atoms with Crippen molar-refractivity contribution in [2.75, 3.05) is 28.0 Å². The number of primary amides is 1. The summed E-state index contributed by atoms with van der Waals surface area (Å²) in [7, 11) is 4.46. The topological polar surface area (TPSA) is 208 Å². The number of amides is 2. The summed E-state index contributed by atoms with van der Waals surface area (Å²) < 4.78 is 16.2. The molecule has 1 aromatic heterocycles. The van der Waals surface area contributed by atoms with Gasteiger partial charge in [-0.3, -0.25) is 15.0 Å². The van der Waals surface area contributed by atoms with Crippen molar-refractivity contribution in [1.29, 1.82) is 5.41 Å². The van der Waals surface area contributed by atoms with E-state index in [2.05, 4.69) is 33.0 Å². The fourth-order valence-corrected chi connectivity index (χ4v) is 4.27. The van der Waals surface area contributed by atoms with Gasteiger partial charge in [-0.05, 0) is 43.5 Å². The number of hydrazone groups is 1. The molecular weight excluding hydrogens is 600 g/mol. The van der Waals surface area contributed by atoms with Gasteiger partial charge in [-0.2, -0.15) is 5.10 Å². The number of ether oxygens (including phenoxy) is 3. The van der Waals surface area contributed by atoms with Crippen LogP contribution in [0.25, 0.3) is 0 Å². The van der Waals surface area contributed by atoms with Crippen LogP contribution in [0.5, 0.6) is 11.5 Å². The molecule has 0 unspecified atom stereocenters. The molecule has 2 aromatic rings. The molecule has 0 spiro atoms. The monoisotopic (exact) mass is 636 g/mol. The smallest absolute Gasteiger partial charge is 0.339 e. The lowest BCUT2D eigenvalue weighted by atomic mass is 10.1. The van der Waals surface area contributed by atoms with Crippen LogP contribution >= 0.6 is 12.6 Å². The lowest BCUT2D eigenvalue weighted by Gasteiger charge is -2.23. The molecule has 0 atom stereocenters. The second-order valence-electron chi connectivity index (χ2n) is 9.73. The largest absolute Gasteiger partial charge is 0.496 e. The number of pyridine rings is 1. The molecule has 1 fully saturated rings. The molecule has 15 heteroatoms. The van der Waals surface area contributed by atoms with Gasteiger partial charge in [0.15, 0.2) is 18.3 Å². The van der Waals surface area contributed by atoms with Gasteiger partial charge >= 0.3 is 5.97 Å². The Morgan fingerprint density at radius 1 is 1.22 bits per heavy atom. The molecule has 0 bridgehead atoms. The maximum atomic E-state index is 12.9. The number of esters is 1. The van der Waals surface area contributed by atoms with Crippen molar-refractivity contribution in [3.8, 4) is 11.5 Å². The number of nitrogens with one attached hydrogen (secondary N) is 2. The third kappa shape index (κ3) is 9.15. The maximum absolute atomic E-state index is 12.9. The first-order valence-corrected chi connectivity index (χ1v) is 14.2. The minimum atomic E-state index is -0.783. The summed E-state index contributed by atoms with van der Waals surface area (Å²) >= 11 is 4.33. The summed E-state index contributed by atoms with van der Waals surface area (Å²) in [5, 5.41) is 14.5. The number of nitrogens with zero attached hydrogens (tertiary/aromatic N) is 4. The molecule has 238 valence electrons. The number of methoxy groups -OCH3 is 2. The standard InChI is InChI=1S/C30H36N8O6S/c1-5-6-20(27(32)39)22(36-28-26(43-4)19(11-12-34-28)21(31)15-35-33)14-25(37-29(40)17-7-8-17)38(2)16-44-30(41)18-9-10-23(42-3)24(45)13-18/h6,9-15,17,31,45H,5,7-8,16,33H2,1-4H3,(H2,32,39)(H,37,40)/b20-6-,25-14-,31-21?,35-15-,36-22?. The first kappa shape index (κ1) is 34.3. The van der Waals surface area contributed by atoms with Gasteiger partial charge in [0, 0.05) is 35.7 Å². The summed E-state index contributed by atoms with van der Waals surface area (Å²) in [4.78, 5) is 49.1. The van der Waals surface area contributed by atoms with Crippen molar-refractivity contribution in [1.82, 2.24) is 15.2 Å². The molecule has 1 aliphatic carbocycles. The molecule has 0 aliphatic heterocycles. The van der Waals surface area contributed by atoms with Gasteiger partial charge in [0.1, 0.15) is 11.6 Å². The maximum Gasteiger partial charge on any atom is 0.339 e. The van der Waals surface area contributed by atoms with Crippen LogP contribution in [-0.4, -0.2) is 73.3 Å². The van der Waals surface area contributed by atoms with E-state index in [9.17, 15) is 14.4 Å². The van der Waals surface area contributed by atoms with Crippen molar-refractivity contribution >= 4 is 53.9 Å². The molecule has 3 rings (SSSR count). The molecule has 2 amide bonds. The highest BCUT2D eigenvalue weighted by atomic mass is 32.1. The number of benzene rings is 1. The normalized spacial score (nSPS) is 13.8. The Labute approximate surface area is 266 Å². The zero-order valence-electron chi connectivity index (χ0n) is 25.4. The molecule has 14 nitrogen and oxygen atoms in total. The number of hydrogen-bond donors (Lipinski definition) is 5. The summed E-state index contributed by atoms with van der Waals surface area (Å²) in [6, 6.07) is 6.18. The predicted octanol–water partition coefficient (Wildman–Crippen LogP) is 2.71. The quantitative estimate of drug-likeness (QED) is 0.0370. The summed E-state index contributed by atoms with van der Waals surface area (Å²) in [6.45, 7) is 1.53. The van der Waals surface area contributed by atoms with Crippen LogP contribution in [0.3, 0.4) is 0 Å². The number of carbonyl (C=O) groups is 3. The highest BCUT2D eigenvalue weighted by Crippen LogP contribution is 2.31. The molecule has 0 radical (unpaired) electrons. The van der Waals surface area contributed by atoms with Crippen LogP contribution in [0.15, 0.2) is 69.0 Å². The number of aliphatic imine (C=N–C) groups is 1. The number of hydrogen-bond acceptors (Lipinski definition) is 13. The molecule has 1 heterocycles. The van der Waals surface area contributed by atoms with Gasteiger partial charge in [0.25, 0.3) is 5.91 Å². The zero-order valence-corrected chi connectivity index (χ0v) is 26.3. The molecular formula is C30H36N8O6S. The molecule has 6 N–H and O–H groups in total. The number of rotatable bonds is 15. The Morgan fingerprint density at radius 3 is 2.53 bits per heavy atom. The van der Waals surface area contributed by atoms with Crippen LogP contribution in [0.2, 0.25) is 0 Å². The van der Waals surface area contributed by atoms with Gasteiger partial charge in [-0.1, -0.05) is 13.0 Å². The first-order valence-electron chi connectivity index (χ1n) is 13.8. The van der Waals surface area contributed by atoms with Crippen molar-refractivity contribution < 1.29 is 28.6 Å². The van der Waals surface area contributed by atoms with Gasteiger partial charge < -0.3 is 36.0 Å². The third-order valence-electron chi connectivity index (χ3n) is 6.45. The third-order valence-corrected chi connectivity index (χ3v) is 6.80. The van der Waals surface area contributed by atoms with E-state index in [4.69, 9.17) is 31.2 Å². The van der Waals surface area contributed by atoms with E-state index in [1.165, 1.54) is 43.5 Å². The minimum Gasteiger partial charge on any atom is -0.496 e. The number of aromatic nitrogens is 1. The minimum absolute atomic E-state index is 0.0173. The second-order valence-corrected chi connectivity index (χ2v) is 10.2. The lowest BCUT2D eigenvalue weighted by molar-refractivity contribution is -0.122. The predicted molar refractivity (Wildman–Crippen MR) is 172 cm³/mol. The fourth-order valence-electron chi connectivity index (χ4n) is 3.96. The number of allylic oxidation sites excluding steroid dienone is 2.